The van der Waals surface area contributed by atoms with Crippen molar-refractivity contribution >= 4 is 11.9 Å². The van der Waals surface area contributed by atoms with Crippen LogP contribution in [0.1, 0.15) is 42.5 Å². The molecule has 1 amide bonds. The number of nitrogens with zero attached hydrogens (tertiary/aromatic N) is 3. The molecule has 0 unspecified atom stereocenters. The van der Waals surface area contributed by atoms with Crippen LogP contribution >= 0.6 is 0 Å². The standard InChI is InChI=1S/C20H26N4O/c1-4-17(14-8-6-5-7-9-14)19(25)22-16-10-11-18-15(12-16)13-21-20(23-18)24(2)3/h5-9,13,16-17H,4,10-12H2,1-3H3,(H,22,25)/t16-,17+/m0/s1. The second-order valence-corrected chi connectivity index (χ2v) is 6.86. The number of carbonyl (C=O) groups excluding carboxylic acids is 1. The summed E-state index contributed by atoms with van der Waals surface area (Å²) in [5.74, 6) is 0.777. The molecular formula is C20H26N4O. The number of hydrogen-bond acceptors (Lipinski definition) is 4. The summed E-state index contributed by atoms with van der Waals surface area (Å²) in [6, 6.07) is 10.2. The predicted octanol–water partition coefficient (Wildman–Crippen LogP) is 2.71. The number of benzene rings is 1. The van der Waals surface area contributed by atoms with Gasteiger partial charge in [-0.3, -0.25) is 4.79 Å². The monoisotopic (exact) mass is 338 g/mol. The van der Waals surface area contributed by atoms with E-state index in [9.17, 15) is 4.79 Å². The molecule has 1 N–H and O–H groups in total. The summed E-state index contributed by atoms with van der Waals surface area (Å²) >= 11 is 0. The highest BCUT2D eigenvalue weighted by Crippen LogP contribution is 2.23. The molecule has 1 aromatic heterocycles. The molecule has 0 fully saturated rings. The molecule has 1 aromatic carbocycles. The molecule has 1 aliphatic carbocycles. The first-order valence-electron chi connectivity index (χ1n) is 8.96. The predicted molar refractivity (Wildman–Crippen MR) is 99.8 cm³/mol. The molecule has 0 spiro atoms. The first kappa shape index (κ1) is 17.4. The Balaban J connectivity index is 1.67. The van der Waals surface area contributed by atoms with Gasteiger partial charge in [0.1, 0.15) is 0 Å². The van der Waals surface area contributed by atoms with E-state index in [1.54, 1.807) is 0 Å². The van der Waals surface area contributed by atoms with Gasteiger partial charge in [0.05, 0.1) is 5.92 Å². The number of hydrogen-bond donors (Lipinski definition) is 1. The number of rotatable bonds is 5. The van der Waals surface area contributed by atoms with E-state index >= 15 is 0 Å². The van der Waals surface area contributed by atoms with Gasteiger partial charge in [-0.2, -0.15) is 0 Å². The van der Waals surface area contributed by atoms with Crippen LogP contribution in [-0.4, -0.2) is 36.0 Å². The minimum atomic E-state index is -0.0880. The van der Waals surface area contributed by atoms with Crippen molar-refractivity contribution in [2.75, 3.05) is 19.0 Å². The van der Waals surface area contributed by atoms with Crippen LogP contribution in [0.3, 0.4) is 0 Å². The molecule has 0 bridgehead atoms. The largest absolute Gasteiger partial charge is 0.352 e. The summed E-state index contributed by atoms with van der Waals surface area (Å²) in [5, 5.41) is 3.24. The lowest BCUT2D eigenvalue weighted by atomic mass is 9.91. The SMILES string of the molecule is CC[C@@H](C(=O)N[C@H]1CCc2nc(N(C)C)ncc2C1)c1ccccc1. The van der Waals surface area contributed by atoms with Gasteiger partial charge < -0.3 is 10.2 Å². The summed E-state index contributed by atoms with van der Waals surface area (Å²) in [4.78, 5) is 23.7. The lowest BCUT2D eigenvalue weighted by molar-refractivity contribution is -0.123. The second kappa shape index (κ2) is 7.64. The van der Waals surface area contributed by atoms with Crippen LogP contribution in [0.15, 0.2) is 36.5 Å². The van der Waals surface area contributed by atoms with Gasteiger partial charge in [0, 0.05) is 32.0 Å². The highest BCUT2D eigenvalue weighted by molar-refractivity contribution is 5.83. The molecule has 2 aromatic rings. The molecule has 0 aliphatic heterocycles. The van der Waals surface area contributed by atoms with E-state index in [0.717, 1.165) is 48.5 Å². The van der Waals surface area contributed by atoms with E-state index < -0.39 is 0 Å². The van der Waals surface area contributed by atoms with E-state index in [-0.39, 0.29) is 17.9 Å². The number of carbonyl (C=O) groups is 1. The van der Waals surface area contributed by atoms with Gasteiger partial charge in [0.2, 0.25) is 11.9 Å². The molecule has 0 saturated carbocycles. The highest BCUT2D eigenvalue weighted by atomic mass is 16.1. The molecule has 1 heterocycles. The lowest BCUT2D eigenvalue weighted by Gasteiger charge is -2.27. The Bertz CT molecular complexity index is 730. The van der Waals surface area contributed by atoms with Crippen LogP contribution in [0.5, 0.6) is 0 Å². The number of anilines is 1. The van der Waals surface area contributed by atoms with Gasteiger partial charge in [-0.1, -0.05) is 37.3 Å². The maximum Gasteiger partial charge on any atom is 0.227 e. The molecule has 1 aliphatic rings. The highest BCUT2D eigenvalue weighted by Gasteiger charge is 2.25. The van der Waals surface area contributed by atoms with Gasteiger partial charge in [0.25, 0.3) is 0 Å². The first-order chi connectivity index (χ1) is 12.1. The van der Waals surface area contributed by atoms with Crippen LogP contribution in [0.4, 0.5) is 5.95 Å². The summed E-state index contributed by atoms with van der Waals surface area (Å²) in [7, 11) is 3.89. The normalized spacial score (nSPS) is 17.5. The Morgan fingerprint density at radius 2 is 2.08 bits per heavy atom. The van der Waals surface area contributed by atoms with E-state index in [0.29, 0.717) is 0 Å². The van der Waals surface area contributed by atoms with Gasteiger partial charge in [-0.05, 0) is 36.8 Å². The third-order valence-electron chi connectivity index (χ3n) is 4.81. The topological polar surface area (TPSA) is 58.1 Å². The quantitative estimate of drug-likeness (QED) is 0.911. The molecule has 25 heavy (non-hydrogen) atoms. The first-order valence-corrected chi connectivity index (χ1v) is 8.96. The Hall–Kier alpha value is -2.43. The summed E-state index contributed by atoms with van der Waals surface area (Å²) < 4.78 is 0. The minimum Gasteiger partial charge on any atom is -0.352 e. The maximum atomic E-state index is 12.7. The van der Waals surface area contributed by atoms with Crippen LogP contribution in [-0.2, 0) is 17.6 Å². The van der Waals surface area contributed by atoms with Gasteiger partial charge in [-0.25, -0.2) is 9.97 Å². The van der Waals surface area contributed by atoms with E-state index in [2.05, 4.69) is 22.2 Å². The van der Waals surface area contributed by atoms with Crippen molar-refractivity contribution in [3.63, 3.8) is 0 Å². The van der Waals surface area contributed by atoms with Crippen molar-refractivity contribution in [2.45, 2.75) is 44.6 Å². The maximum absolute atomic E-state index is 12.7. The van der Waals surface area contributed by atoms with Crippen molar-refractivity contribution in [2.24, 2.45) is 0 Å². The molecule has 5 heteroatoms. The van der Waals surface area contributed by atoms with Gasteiger partial charge in [0.15, 0.2) is 0 Å². The fraction of sp³-hybridized carbons (Fsp3) is 0.450. The Kier molecular flexibility index (Phi) is 5.31. The van der Waals surface area contributed by atoms with E-state index in [4.69, 9.17) is 0 Å². The van der Waals surface area contributed by atoms with Crippen molar-refractivity contribution in [3.8, 4) is 0 Å². The Morgan fingerprint density at radius 1 is 1.32 bits per heavy atom. The molecule has 0 radical (unpaired) electrons. The zero-order valence-electron chi connectivity index (χ0n) is 15.2. The Morgan fingerprint density at radius 3 is 2.76 bits per heavy atom. The van der Waals surface area contributed by atoms with Crippen molar-refractivity contribution in [1.29, 1.82) is 0 Å². The van der Waals surface area contributed by atoms with Crippen LogP contribution < -0.4 is 10.2 Å². The van der Waals surface area contributed by atoms with Crippen LogP contribution in [0, 0.1) is 0 Å². The number of aryl methyl sites for hydroxylation is 1. The fourth-order valence-electron chi connectivity index (χ4n) is 3.40. The van der Waals surface area contributed by atoms with Gasteiger partial charge >= 0.3 is 0 Å². The smallest absolute Gasteiger partial charge is 0.227 e. The second-order valence-electron chi connectivity index (χ2n) is 6.86. The number of fused-ring (bicyclic) bond motifs is 1. The molecule has 0 saturated heterocycles. The number of amides is 1. The fourth-order valence-corrected chi connectivity index (χ4v) is 3.40. The average molecular weight is 338 g/mol. The molecule has 2 atom stereocenters. The van der Waals surface area contributed by atoms with Crippen molar-refractivity contribution in [1.82, 2.24) is 15.3 Å². The molecule has 5 nitrogen and oxygen atoms in total. The molecular weight excluding hydrogens is 312 g/mol. The number of nitrogens with one attached hydrogen (secondary N) is 1. The van der Waals surface area contributed by atoms with Crippen molar-refractivity contribution in [3.05, 3.63) is 53.3 Å². The average Bonchev–Trinajstić information content (AvgIpc) is 2.62. The summed E-state index contributed by atoms with van der Waals surface area (Å²) in [5.41, 5.74) is 3.34. The van der Waals surface area contributed by atoms with E-state index in [1.165, 1.54) is 0 Å². The molecule has 132 valence electrons. The number of aromatic nitrogens is 2. The lowest BCUT2D eigenvalue weighted by Crippen LogP contribution is -2.41. The Labute approximate surface area is 149 Å². The minimum absolute atomic E-state index is 0.0880. The third kappa shape index (κ3) is 3.98. The zero-order chi connectivity index (χ0) is 17.8. The summed E-state index contributed by atoms with van der Waals surface area (Å²) in [6.07, 6.45) is 5.32. The third-order valence-corrected chi connectivity index (χ3v) is 4.81. The van der Waals surface area contributed by atoms with Crippen LogP contribution in [0.2, 0.25) is 0 Å². The van der Waals surface area contributed by atoms with Gasteiger partial charge in [-0.15, -0.1) is 0 Å². The van der Waals surface area contributed by atoms with Crippen LogP contribution in [0.25, 0.3) is 0 Å². The molecule has 3 rings (SSSR count). The summed E-state index contributed by atoms with van der Waals surface area (Å²) in [6.45, 7) is 2.06. The zero-order valence-corrected chi connectivity index (χ0v) is 15.2. The van der Waals surface area contributed by atoms with Crippen molar-refractivity contribution < 1.29 is 4.79 Å². The van der Waals surface area contributed by atoms with E-state index in [1.807, 2.05) is 55.5 Å².